The number of methoxy groups -OCH3 is 2. The highest BCUT2D eigenvalue weighted by Crippen LogP contribution is 2.40. The minimum absolute atomic E-state index is 0.0162. The molecule has 0 N–H and O–H groups in total. The van der Waals surface area contributed by atoms with E-state index in [1.165, 1.54) is 0 Å². The van der Waals surface area contributed by atoms with Crippen LogP contribution in [0, 0.1) is 0 Å². The van der Waals surface area contributed by atoms with Crippen molar-refractivity contribution in [3.8, 4) is 0 Å². The molecule has 0 radical (unpaired) electrons. The molecule has 2 aliphatic heterocycles. The maximum Gasteiger partial charge on any atom is 0.143 e. The second-order valence-corrected chi connectivity index (χ2v) is 3.75. The van der Waals surface area contributed by atoms with E-state index in [0.29, 0.717) is 13.2 Å². The molecule has 0 spiro atoms. The summed E-state index contributed by atoms with van der Waals surface area (Å²) in [5, 5.41) is 0. The molecule has 2 fully saturated rings. The Kier molecular flexibility index (Phi) is 2.36. The summed E-state index contributed by atoms with van der Waals surface area (Å²) >= 11 is 0. The van der Waals surface area contributed by atoms with Gasteiger partial charge in [-0.1, -0.05) is 0 Å². The topological polar surface area (TPSA) is 36.9 Å². The zero-order valence-electron chi connectivity index (χ0n) is 8.28. The highest BCUT2D eigenvalue weighted by atomic mass is 16.7. The van der Waals surface area contributed by atoms with E-state index in [1.807, 2.05) is 7.85 Å². The maximum absolute atomic E-state index is 5.82. The quantitative estimate of drug-likeness (QED) is 0.517. The lowest BCUT2D eigenvalue weighted by atomic mass is 9.92. The van der Waals surface area contributed by atoms with Crippen molar-refractivity contribution in [2.75, 3.05) is 27.4 Å². The third-order valence-electron chi connectivity index (χ3n) is 2.86. The number of hydrogen-bond acceptors (Lipinski definition) is 4. The highest BCUT2D eigenvalue weighted by molar-refractivity contribution is 6.11. The van der Waals surface area contributed by atoms with Crippen molar-refractivity contribution in [1.29, 1.82) is 0 Å². The Bertz CT molecular complexity index is 201. The van der Waals surface area contributed by atoms with Gasteiger partial charge in [0.15, 0.2) is 0 Å². The Morgan fingerprint density at radius 2 is 2.31 bits per heavy atom. The van der Waals surface area contributed by atoms with Crippen LogP contribution >= 0.6 is 0 Å². The third kappa shape index (κ3) is 1.22. The van der Waals surface area contributed by atoms with Gasteiger partial charge in [-0.25, -0.2) is 0 Å². The molecule has 4 atom stereocenters. The summed E-state index contributed by atoms with van der Waals surface area (Å²) in [6, 6.07) is 0.105. The minimum Gasteiger partial charge on any atom is -0.381 e. The minimum atomic E-state index is -0.367. The van der Waals surface area contributed by atoms with Crippen LogP contribution in [0.4, 0.5) is 0 Å². The van der Waals surface area contributed by atoms with E-state index in [0.717, 1.165) is 0 Å². The summed E-state index contributed by atoms with van der Waals surface area (Å²) in [4.78, 5) is 0. The van der Waals surface area contributed by atoms with Gasteiger partial charge in [0.05, 0.1) is 19.2 Å². The van der Waals surface area contributed by atoms with Gasteiger partial charge < -0.3 is 18.9 Å². The Morgan fingerprint density at radius 3 is 2.85 bits per heavy atom. The van der Waals surface area contributed by atoms with Crippen molar-refractivity contribution < 1.29 is 18.9 Å². The largest absolute Gasteiger partial charge is 0.381 e. The lowest BCUT2D eigenvalue weighted by molar-refractivity contribution is -0.144. The third-order valence-corrected chi connectivity index (χ3v) is 2.86. The monoisotopic (exact) mass is 186 g/mol. The van der Waals surface area contributed by atoms with Crippen molar-refractivity contribution in [2.45, 2.75) is 23.8 Å². The zero-order chi connectivity index (χ0) is 9.47. The summed E-state index contributed by atoms with van der Waals surface area (Å²) in [6.45, 7) is 1.11. The fourth-order valence-electron chi connectivity index (χ4n) is 2.38. The number of rotatable bonds is 3. The van der Waals surface area contributed by atoms with Crippen molar-refractivity contribution >= 4 is 7.85 Å². The number of fused-ring (bicyclic) bond motifs is 2. The Labute approximate surface area is 78.9 Å². The van der Waals surface area contributed by atoms with Gasteiger partial charge in [0.2, 0.25) is 0 Å². The van der Waals surface area contributed by atoms with Crippen molar-refractivity contribution in [1.82, 2.24) is 0 Å². The van der Waals surface area contributed by atoms with Crippen LogP contribution in [0.3, 0.4) is 0 Å². The van der Waals surface area contributed by atoms with Gasteiger partial charge >= 0.3 is 0 Å². The van der Waals surface area contributed by atoms with Crippen LogP contribution in [0.5, 0.6) is 0 Å². The highest BCUT2D eigenvalue weighted by Gasteiger charge is 2.60. The van der Waals surface area contributed by atoms with Crippen LogP contribution in [-0.2, 0) is 18.9 Å². The van der Waals surface area contributed by atoms with Gasteiger partial charge in [-0.2, -0.15) is 0 Å². The molecular weight excluding hydrogens is 171 g/mol. The molecule has 2 aliphatic rings. The molecule has 0 saturated carbocycles. The molecule has 0 aromatic heterocycles. The molecule has 0 amide bonds. The summed E-state index contributed by atoms with van der Waals surface area (Å²) in [5.74, 6) is 0. The molecule has 2 rings (SSSR count). The average Bonchev–Trinajstić information content (AvgIpc) is 2.55. The van der Waals surface area contributed by atoms with Crippen LogP contribution < -0.4 is 0 Å². The smallest absolute Gasteiger partial charge is 0.143 e. The molecule has 2 heterocycles. The molecule has 74 valence electrons. The first-order valence-corrected chi connectivity index (χ1v) is 4.54. The molecule has 0 aromatic rings. The molecule has 13 heavy (non-hydrogen) atoms. The fourth-order valence-corrected chi connectivity index (χ4v) is 2.38. The maximum atomic E-state index is 5.82. The van der Waals surface area contributed by atoms with Gasteiger partial charge in [-0.3, -0.25) is 0 Å². The van der Waals surface area contributed by atoms with Crippen molar-refractivity contribution in [3.63, 3.8) is 0 Å². The average molecular weight is 186 g/mol. The van der Waals surface area contributed by atoms with E-state index in [4.69, 9.17) is 18.9 Å². The summed E-state index contributed by atoms with van der Waals surface area (Å²) in [7, 11) is 5.37. The van der Waals surface area contributed by atoms with Crippen LogP contribution in [0.15, 0.2) is 0 Å². The summed E-state index contributed by atoms with van der Waals surface area (Å²) < 4.78 is 21.9. The zero-order valence-corrected chi connectivity index (χ0v) is 8.28. The Balaban J connectivity index is 2.17. The van der Waals surface area contributed by atoms with Crippen LogP contribution in [0.2, 0.25) is 0 Å². The molecular formula is C8H15BO4. The normalized spacial score (nSPS) is 48.6. The van der Waals surface area contributed by atoms with Crippen LogP contribution in [0.1, 0.15) is 0 Å². The molecule has 4 nitrogen and oxygen atoms in total. The van der Waals surface area contributed by atoms with Crippen molar-refractivity contribution in [3.05, 3.63) is 0 Å². The van der Waals surface area contributed by atoms with Crippen LogP contribution in [0.25, 0.3) is 0 Å². The van der Waals surface area contributed by atoms with Crippen LogP contribution in [-0.4, -0.2) is 59.1 Å². The van der Waals surface area contributed by atoms with Gasteiger partial charge in [0.25, 0.3) is 0 Å². The number of ether oxygens (including phenoxy) is 4. The van der Waals surface area contributed by atoms with Crippen molar-refractivity contribution in [2.24, 2.45) is 0 Å². The van der Waals surface area contributed by atoms with E-state index in [2.05, 4.69) is 0 Å². The van der Waals surface area contributed by atoms with Gasteiger partial charge in [-0.15, -0.1) is 0 Å². The predicted octanol–water partition coefficient (Wildman–Crippen LogP) is -1.23. The Morgan fingerprint density at radius 1 is 1.54 bits per heavy atom. The standard InChI is InChI=1S/C8H15BO4/c1-10-3-8-4-12-5(6(8)11-2)7(9)13-8/h5-7H,3-4,9H2,1-2H3/t5-,6?,7-,8+/m1/s1. The molecule has 0 aliphatic carbocycles. The molecule has 2 saturated heterocycles. The molecule has 2 bridgehead atoms. The summed E-state index contributed by atoms with van der Waals surface area (Å²) in [6.07, 6.45) is 0.0857. The SMILES string of the molecule is B[C@@H]1O[C@@]2(COC)CO[C@@H]1C2OC. The van der Waals surface area contributed by atoms with E-state index in [9.17, 15) is 0 Å². The first-order valence-electron chi connectivity index (χ1n) is 4.54. The van der Waals surface area contributed by atoms with Gasteiger partial charge in [-0.05, 0) is 0 Å². The summed E-state index contributed by atoms with van der Waals surface area (Å²) in [5.41, 5.74) is -0.367. The molecule has 5 heteroatoms. The second kappa shape index (κ2) is 3.24. The van der Waals surface area contributed by atoms with Gasteiger partial charge in [0, 0.05) is 14.2 Å². The predicted molar refractivity (Wildman–Crippen MR) is 48.6 cm³/mol. The van der Waals surface area contributed by atoms with E-state index >= 15 is 0 Å². The molecule has 0 aromatic carbocycles. The van der Waals surface area contributed by atoms with E-state index in [-0.39, 0.29) is 23.8 Å². The second-order valence-electron chi connectivity index (χ2n) is 3.75. The molecule has 1 unspecified atom stereocenters. The lowest BCUT2D eigenvalue weighted by Crippen LogP contribution is -2.45. The lowest BCUT2D eigenvalue weighted by Gasteiger charge is -2.29. The Hall–Kier alpha value is -0.0951. The number of hydrogen-bond donors (Lipinski definition) is 0. The first kappa shape index (κ1) is 9.46. The van der Waals surface area contributed by atoms with E-state index < -0.39 is 0 Å². The first-order chi connectivity index (χ1) is 6.23. The van der Waals surface area contributed by atoms with Gasteiger partial charge in [0.1, 0.15) is 25.7 Å². The van der Waals surface area contributed by atoms with E-state index in [1.54, 1.807) is 14.2 Å². The fraction of sp³-hybridized carbons (Fsp3) is 1.00.